The zero-order valence-corrected chi connectivity index (χ0v) is 15.6. The van der Waals surface area contributed by atoms with E-state index in [-0.39, 0.29) is 30.2 Å². The van der Waals surface area contributed by atoms with E-state index >= 15 is 0 Å². The Labute approximate surface area is 170 Å². The number of benzene rings is 2. The molecular weight excluding hydrogens is 400 g/mol. The molecule has 10 heteroatoms. The fourth-order valence-corrected chi connectivity index (χ4v) is 2.60. The summed E-state index contributed by atoms with van der Waals surface area (Å²) in [7, 11) is 0. The Morgan fingerprint density at radius 3 is 2.43 bits per heavy atom. The summed E-state index contributed by atoms with van der Waals surface area (Å²) < 4.78 is 33.4. The number of hydrogen-bond donors (Lipinski definition) is 1. The van der Waals surface area contributed by atoms with Gasteiger partial charge in [-0.15, -0.1) is 0 Å². The molecule has 1 heterocycles. The highest BCUT2D eigenvalue weighted by atomic mass is 19.3. The maximum Gasteiger partial charge on any atom is 0.387 e. The van der Waals surface area contributed by atoms with E-state index in [1.165, 1.54) is 24.3 Å². The van der Waals surface area contributed by atoms with E-state index in [2.05, 4.69) is 15.2 Å². The summed E-state index contributed by atoms with van der Waals surface area (Å²) in [4.78, 5) is 36.3. The number of nitrogens with zero attached hydrogens (tertiary/aromatic N) is 2. The average Bonchev–Trinajstić information content (AvgIpc) is 2.74. The van der Waals surface area contributed by atoms with Crippen LogP contribution in [0.3, 0.4) is 0 Å². The van der Waals surface area contributed by atoms with Crippen LogP contribution in [-0.4, -0.2) is 36.7 Å². The van der Waals surface area contributed by atoms with E-state index in [0.717, 1.165) is 5.01 Å². The fourth-order valence-electron chi connectivity index (χ4n) is 2.60. The van der Waals surface area contributed by atoms with Gasteiger partial charge in [-0.2, -0.15) is 13.9 Å². The Bertz CT molecular complexity index is 949. The first-order valence-corrected chi connectivity index (χ1v) is 8.89. The molecule has 0 radical (unpaired) electrons. The molecule has 0 saturated carbocycles. The number of carbonyl (C=O) groups excluding carboxylic acids is 3. The first-order chi connectivity index (χ1) is 14.4. The molecule has 0 spiro atoms. The van der Waals surface area contributed by atoms with Gasteiger partial charge < -0.3 is 14.8 Å². The second-order valence-electron chi connectivity index (χ2n) is 6.11. The number of alkyl halides is 2. The number of anilines is 2. The number of ether oxygens (including phenoxy) is 2. The number of halogens is 2. The molecule has 156 valence electrons. The number of para-hydroxylation sites is 1. The van der Waals surface area contributed by atoms with Crippen molar-refractivity contribution in [2.75, 3.05) is 16.9 Å². The smallest absolute Gasteiger partial charge is 0.387 e. The molecule has 2 aromatic rings. The lowest BCUT2D eigenvalue weighted by Crippen LogP contribution is -2.35. The molecule has 1 aliphatic rings. The minimum Gasteiger partial charge on any atom is -0.451 e. The number of carbonyl (C=O) groups is 3. The summed E-state index contributed by atoms with van der Waals surface area (Å²) in [6.07, 6.45) is 0.191. The molecule has 3 rings (SSSR count). The lowest BCUT2D eigenvalue weighted by atomic mass is 10.1. The molecule has 30 heavy (non-hydrogen) atoms. The van der Waals surface area contributed by atoms with E-state index < -0.39 is 25.1 Å². The number of amides is 2. The lowest BCUT2D eigenvalue weighted by molar-refractivity contribution is -0.140. The van der Waals surface area contributed by atoms with Crippen molar-refractivity contribution in [3.63, 3.8) is 0 Å². The minimum absolute atomic E-state index is 0.0275. The third kappa shape index (κ3) is 5.60. The zero-order valence-electron chi connectivity index (χ0n) is 15.6. The van der Waals surface area contributed by atoms with Gasteiger partial charge in [0.15, 0.2) is 6.61 Å². The van der Waals surface area contributed by atoms with Crippen LogP contribution in [0, 0.1) is 0 Å². The van der Waals surface area contributed by atoms with Crippen molar-refractivity contribution in [1.29, 1.82) is 0 Å². The molecule has 0 saturated heterocycles. The van der Waals surface area contributed by atoms with Gasteiger partial charge in [0, 0.05) is 18.5 Å². The van der Waals surface area contributed by atoms with Crippen molar-refractivity contribution in [2.24, 2.45) is 5.10 Å². The van der Waals surface area contributed by atoms with Crippen LogP contribution in [0.25, 0.3) is 0 Å². The molecule has 0 fully saturated rings. The summed E-state index contributed by atoms with van der Waals surface area (Å²) in [5.74, 6) is -1.74. The van der Waals surface area contributed by atoms with Gasteiger partial charge in [-0.1, -0.05) is 18.2 Å². The quantitative estimate of drug-likeness (QED) is 0.699. The second-order valence-corrected chi connectivity index (χ2v) is 6.11. The van der Waals surface area contributed by atoms with E-state index in [4.69, 9.17) is 4.74 Å². The van der Waals surface area contributed by atoms with E-state index in [0.29, 0.717) is 11.4 Å². The Hall–Kier alpha value is -3.82. The maximum atomic E-state index is 12.2. The molecule has 0 aliphatic carbocycles. The van der Waals surface area contributed by atoms with Gasteiger partial charge >= 0.3 is 12.6 Å². The summed E-state index contributed by atoms with van der Waals surface area (Å²) in [6.45, 7) is -3.52. The summed E-state index contributed by atoms with van der Waals surface area (Å²) in [5, 5.41) is 7.63. The molecule has 1 N–H and O–H groups in total. The molecule has 0 aromatic heterocycles. The largest absolute Gasteiger partial charge is 0.451 e. The Morgan fingerprint density at radius 1 is 1.07 bits per heavy atom. The summed E-state index contributed by atoms with van der Waals surface area (Å²) in [5.41, 5.74) is 0.859. The van der Waals surface area contributed by atoms with Gasteiger partial charge in [-0.05, 0) is 36.4 Å². The Morgan fingerprint density at radius 2 is 1.77 bits per heavy atom. The van der Waals surface area contributed by atoms with E-state index in [9.17, 15) is 23.2 Å². The molecule has 0 bridgehead atoms. The van der Waals surface area contributed by atoms with Crippen LogP contribution in [-0.2, 0) is 19.1 Å². The number of rotatable bonds is 7. The van der Waals surface area contributed by atoms with Crippen LogP contribution in [0.2, 0.25) is 0 Å². The highest BCUT2D eigenvalue weighted by Crippen LogP contribution is 2.20. The predicted molar refractivity (Wildman–Crippen MR) is 103 cm³/mol. The molecule has 2 aromatic carbocycles. The van der Waals surface area contributed by atoms with Crippen molar-refractivity contribution in [3.05, 3.63) is 54.6 Å². The Balaban J connectivity index is 1.54. The summed E-state index contributed by atoms with van der Waals surface area (Å²) >= 11 is 0. The molecule has 0 unspecified atom stereocenters. The van der Waals surface area contributed by atoms with Crippen LogP contribution in [0.15, 0.2) is 59.7 Å². The average molecular weight is 417 g/mol. The van der Waals surface area contributed by atoms with Gasteiger partial charge in [0.1, 0.15) is 11.5 Å². The van der Waals surface area contributed by atoms with Crippen molar-refractivity contribution in [2.45, 2.75) is 19.5 Å². The SMILES string of the molecule is O=C(COC(=O)C1=NN(c2ccccc2)C(=O)CC1)Nc1ccc(OC(F)F)cc1. The normalized spacial score (nSPS) is 13.6. The van der Waals surface area contributed by atoms with E-state index in [1.54, 1.807) is 30.3 Å². The topological polar surface area (TPSA) is 97.3 Å². The standard InChI is InChI=1S/C20H17F2N3O5/c21-20(22)30-15-8-6-13(7-9-15)23-17(26)12-29-19(28)16-10-11-18(27)25(24-16)14-4-2-1-3-5-14/h1-9,20H,10-12H2,(H,23,26). The van der Waals surface area contributed by atoms with Gasteiger partial charge in [0.2, 0.25) is 5.91 Å². The van der Waals surface area contributed by atoms with E-state index in [1.807, 2.05) is 0 Å². The zero-order chi connectivity index (χ0) is 21.5. The number of hydrazone groups is 1. The molecule has 1 aliphatic heterocycles. The predicted octanol–water partition coefficient (Wildman–Crippen LogP) is 2.95. The molecular formula is C20H17F2N3O5. The monoisotopic (exact) mass is 417 g/mol. The highest BCUT2D eigenvalue weighted by Gasteiger charge is 2.26. The van der Waals surface area contributed by atoms with Crippen LogP contribution in [0.5, 0.6) is 5.75 Å². The number of hydrogen-bond acceptors (Lipinski definition) is 6. The first-order valence-electron chi connectivity index (χ1n) is 8.89. The molecule has 8 nitrogen and oxygen atoms in total. The molecule has 2 amide bonds. The third-order valence-electron chi connectivity index (χ3n) is 3.97. The van der Waals surface area contributed by atoms with Crippen LogP contribution < -0.4 is 15.1 Å². The van der Waals surface area contributed by atoms with Crippen LogP contribution >= 0.6 is 0 Å². The van der Waals surface area contributed by atoms with Gasteiger partial charge in [0.05, 0.1) is 5.69 Å². The highest BCUT2D eigenvalue weighted by molar-refractivity contribution is 6.38. The molecule has 0 atom stereocenters. The van der Waals surface area contributed by atoms with Crippen molar-refractivity contribution >= 4 is 34.9 Å². The minimum atomic E-state index is -2.94. The summed E-state index contributed by atoms with van der Waals surface area (Å²) in [6, 6.07) is 13.9. The number of esters is 1. The second kappa shape index (κ2) is 9.59. The Kier molecular flexibility index (Phi) is 6.68. The van der Waals surface area contributed by atoms with Crippen molar-refractivity contribution in [3.8, 4) is 5.75 Å². The lowest BCUT2D eigenvalue weighted by Gasteiger charge is -2.22. The van der Waals surface area contributed by atoms with Gasteiger partial charge in [0.25, 0.3) is 5.91 Å². The third-order valence-corrected chi connectivity index (χ3v) is 3.97. The maximum absolute atomic E-state index is 12.2. The van der Waals surface area contributed by atoms with Gasteiger partial charge in [-0.3, -0.25) is 9.59 Å². The van der Waals surface area contributed by atoms with Crippen LogP contribution in [0.4, 0.5) is 20.2 Å². The van der Waals surface area contributed by atoms with Gasteiger partial charge in [-0.25, -0.2) is 9.80 Å². The van der Waals surface area contributed by atoms with Crippen molar-refractivity contribution < 1.29 is 32.6 Å². The number of nitrogens with one attached hydrogen (secondary N) is 1. The van der Waals surface area contributed by atoms with Crippen molar-refractivity contribution in [1.82, 2.24) is 0 Å². The van der Waals surface area contributed by atoms with Crippen LogP contribution in [0.1, 0.15) is 12.8 Å². The fraction of sp³-hybridized carbons (Fsp3) is 0.200. The first kappa shape index (κ1) is 20.9.